The van der Waals surface area contributed by atoms with Crippen molar-refractivity contribution in [3.63, 3.8) is 0 Å². The molecule has 2 nitrogen and oxygen atoms in total. The fourth-order valence-electron chi connectivity index (χ4n) is 6.92. The molecule has 2 aromatic heterocycles. The van der Waals surface area contributed by atoms with Crippen LogP contribution in [0.25, 0.3) is 77.2 Å². The Hall–Kier alpha value is -5.86. The topological polar surface area (TPSA) is 9.86 Å². The molecule has 0 aliphatic carbocycles. The molecule has 0 saturated carbocycles. The van der Waals surface area contributed by atoms with Gasteiger partial charge in [-0.25, -0.2) is 0 Å². The quantitative estimate of drug-likeness (QED) is 0.203. The van der Waals surface area contributed by atoms with Gasteiger partial charge in [0.1, 0.15) is 0 Å². The molecule has 9 aromatic rings. The fourth-order valence-corrected chi connectivity index (χ4v) is 6.92. The molecule has 0 unspecified atom stereocenters. The van der Waals surface area contributed by atoms with Gasteiger partial charge in [0.2, 0.25) is 0 Å². The minimum Gasteiger partial charge on any atom is -0.309 e. The zero-order valence-corrected chi connectivity index (χ0v) is 24.1. The van der Waals surface area contributed by atoms with Crippen LogP contribution >= 0.6 is 0 Å². The first-order valence-electron chi connectivity index (χ1n) is 15.1. The molecule has 2 heteroatoms. The number of hydrogen-bond donors (Lipinski definition) is 0. The molecular weight excluding hydrogens is 532 g/mol. The average molecular weight is 561 g/mol. The fraction of sp³-hybridized carbons (Fsp3) is 0. The van der Waals surface area contributed by atoms with Gasteiger partial charge in [0.05, 0.1) is 22.1 Å². The molecule has 44 heavy (non-hydrogen) atoms. The third kappa shape index (κ3) is 3.75. The number of fused-ring (bicyclic) bond motifs is 7. The van der Waals surface area contributed by atoms with Gasteiger partial charge in [-0.1, -0.05) is 127 Å². The second-order valence-electron chi connectivity index (χ2n) is 11.4. The lowest BCUT2D eigenvalue weighted by atomic mass is 10.0. The van der Waals surface area contributed by atoms with Crippen molar-refractivity contribution in [3.8, 4) is 33.6 Å². The molecule has 0 radical (unpaired) electrons. The van der Waals surface area contributed by atoms with Crippen LogP contribution < -0.4 is 0 Å². The van der Waals surface area contributed by atoms with Crippen LogP contribution in [0.3, 0.4) is 0 Å². The molecule has 0 aliphatic heterocycles. The summed E-state index contributed by atoms with van der Waals surface area (Å²) in [6.45, 7) is 0. The Labute approximate surface area is 255 Å². The van der Waals surface area contributed by atoms with Gasteiger partial charge in [-0.05, 0) is 64.7 Å². The summed E-state index contributed by atoms with van der Waals surface area (Å²) >= 11 is 0. The molecule has 0 amide bonds. The van der Waals surface area contributed by atoms with E-state index in [1.54, 1.807) is 0 Å². The first kappa shape index (κ1) is 24.7. The number of rotatable bonds is 4. The maximum Gasteiger partial charge on any atom is 0.0641 e. The molecular formula is C42H28N2. The molecule has 0 spiro atoms. The molecule has 0 atom stereocenters. The summed E-state index contributed by atoms with van der Waals surface area (Å²) in [4.78, 5) is 0. The van der Waals surface area contributed by atoms with E-state index in [-0.39, 0.29) is 0 Å². The summed E-state index contributed by atoms with van der Waals surface area (Å²) in [6.07, 6.45) is 0. The number of hydrogen-bond acceptors (Lipinski definition) is 0. The molecule has 0 fully saturated rings. The number of benzene rings is 7. The van der Waals surface area contributed by atoms with Crippen molar-refractivity contribution in [1.29, 1.82) is 0 Å². The van der Waals surface area contributed by atoms with Gasteiger partial charge in [0.25, 0.3) is 0 Å². The molecule has 0 aliphatic rings. The summed E-state index contributed by atoms with van der Waals surface area (Å²) < 4.78 is 4.88. The van der Waals surface area contributed by atoms with E-state index in [0.717, 1.165) is 5.69 Å². The van der Waals surface area contributed by atoms with E-state index >= 15 is 0 Å². The summed E-state index contributed by atoms with van der Waals surface area (Å²) in [5.74, 6) is 0. The van der Waals surface area contributed by atoms with Crippen molar-refractivity contribution in [2.75, 3.05) is 0 Å². The third-order valence-electron chi connectivity index (χ3n) is 8.92. The molecule has 0 bridgehead atoms. The van der Waals surface area contributed by atoms with Crippen LogP contribution in [0.2, 0.25) is 0 Å². The average Bonchev–Trinajstić information content (AvgIpc) is 3.62. The lowest BCUT2D eigenvalue weighted by Crippen LogP contribution is -1.95. The minimum absolute atomic E-state index is 1.15. The molecule has 0 saturated heterocycles. The maximum atomic E-state index is 2.48. The van der Waals surface area contributed by atoms with Gasteiger partial charge in [-0.15, -0.1) is 0 Å². The van der Waals surface area contributed by atoms with Crippen LogP contribution in [-0.2, 0) is 0 Å². The van der Waals surface area contributed by atoms with Crippen molar-refractivity contribution in [2.24, 2.45) is 0 Å². The first-order chi connectivity index (χ1) is 21.8. The van der Waals surface area contributed by atoms with Gasteiger partial charge in [0.15, 0.2) is 0 Å². The summed E-state index contributed by atoms with van der Waals surface area (Å²) in [6, 6.07) is 61.4. The SMILES string of the molecule is c1ccc(-c2ccc(-n3c4cc(-c5ccccc5)ccc4c4ccc5c(c6ccccc6n5-c5ccccc5)c43)cc2)cc1. The highest BCUT2D eigenvalue weighted by Crippen LogP contribution is 2.43. The zero-order valence-electron chi connectivity index (χ0n) is 24.1. The van der Waals surface area contributed by atoms with Crippen LogP contribution in [0.5, 0.6) is 0 Å². The van der Waals surface area contributed by atoms with Crippen LogP contribution in [0.4, 0.5) is 0 Å². The second kappa shape index (κ2) is 9.86. The third-order valence-corrected chi connectivity index (χ3v) is 8.92. The Kier molecular flexibility index (Phi) is 5.54. The number of aromatic nitrogens is 2. The Balaban J connectivity index is 1.41. The van der Waals surface area contributed by atoms with E-state index in [1.807, 2.05) is 0 Å². The largest absolute Gasteiger partial charge is 0.309 e. The van der Waals surface area contributed by atoms with E-state index in [0.29, 0.717) is 0 Å². The van der Waals surface area contributed by atoms with Gasteiger partial charge in [-0.2, -0.15) is 0 Å². The van der Waals surface area contributed by atoms with Crippen molar-refractivity contribution in [3.05, 3.63) is 170 Å². The Morgan fingerprint density at radius 2 is 0.841 bits per heavy atom. The summed E-state index contributed by atoms with van der Waals surface area (Å²) in [5.41, 5.74) is 12.0. The van der Waals surface area contributed by atoms with Crippen molar-refractivity contribution in [2.45, 2.75) is 0 Å². The Bertz CT molecular complexity index is 2450. The van der Waals surface area contributed by atoms with E-state index in [2.05, 4.69) is 179 Å². The predicted octanol–water partition coefficient (Wildman–Crippen LogP) is 11.2. The highest BCUT2D eigenvalue weighted by Gasteiger charge is 2.21. The van der Waals surface area contributed by atoms with Gasteiger partial charge >= 0.3 is 0 Å². The molecule has 0 N–H and O–H groups in total. The van der Waals surface area contributed by atoms with Gasteiger partial charge < -0.3 is 9.13 Å². The molecule has 2 heterocycles. The highest BCUT2D eigenvalue weighted by molar-refractivity contribution is 6.26. The summed E-state index contributed by atoms with van der Waals surface area (Å²) in [5, 5.41) is 5.04. The van der Waals surface area contributed by atoms with Crippen molar-refractivity contribution in [1.82, 2.24) is 9.13 Å². The molecule has 9 rings (SSSR count). The standard InChI is InChI=1S/C42H28N2/c1-4-12-29(13-5-1)31-20-23-34(24-21-31)44-40-28-32(30-14-6-2-7-15-30)22-25-35(40)36-26-27-39-41(42(36)44)37-18-10-11-19-38(37)43(39)33-16-8-3-9-17-33/h1-28H. The minimum atomic E-state index is 1.15. The van der Waals surface area contributed by atoms with E-state index in [9.17, 15) is 0 Å². The molecule has 7 aromatic carbocycles. The zero-order chi connectivity index (χ0) is 29.0. The van der Waals surface area contributed by atoms with Gasteiger partial charge in [-0.3, -0.25) is 0 Å². The Morgan fingerprint density at radius 1 is 0.295 bits per heavy atom. The monoisotopic (exact) mass is 560 g/mol. The summed E-state index contributed by atoms with van der Waals surface area (Å²) in [7, 11) is 0. The maximum absolute atomic E-state index is 2.48. The van der Waals surface area contributed by atoms with Crippen LogP contribution in [0, 0.1) is 0 Å². The van der Waals surface area contributed by atoms with Gasteiger partial charge in [0, 0.05) is 32.9 Å². The number of para-hydroxylation sites is 2. The first-order valence-corrected chi connectivity index (χ1v) is 15.1. The van der Waals surface area contributed by atoms with E-state index < -0.39 is 0 Å². The van der Waals surface area contributed by atoms with E-state index in [1.165, 1.54) is 71.6 Å². The lowest BCUT2D eigenvalue weighted by molar-refractivity contribution is 1.17. The predicted molar refractivity (Wildman–Crippen MR) is 186 cm³/mol. The van der Waals surface area contributed by atoms with Crippen LogP contribution in [0.1, 0.15) is 0 Å². The Morgan fingerprint density at radius 3 is 1.57 bits per heavy atom. The van der Waals surface area contributed by atoms with Crippen molar-refractivity contribution >= 4 is 43.6 Å². The number of nitrogens with zero attached hydrogens (tertiary/aromatic N) is 2. The highest BCUT2D eigenvalue weighted by atomic mass is 15.0. The lowest BCUT2D eigenvalue weighted by Gasteiger charge is -2.12. The van der Waals surface area contributed by atoms with Crippen LogP contribution in [0.15, 0.2) is 170 Å². The molecule has 206 valence electrons. The van der Waals surface area contributed by atoms with Crippen LogP contribution in [-0.4, -0.2) is 9.13 Å². The smallest absolute Gasteiger partial charge is 0.0641 e. The van der Waals surface area contributed by atoms with Crippen molar-refractivity contribution < 1.29 is 0 Å². The van der Waals surface area contributed by atoms with E-state index in [4.69, 9.17) is 0 Å². The second-order valence-corrected chi connectivity index (χ2v) is 11.4. The normalized spacial score (nSPS) is 11.6.